The van der Waals surface area contributed by atoms with E-state index in [4.69, 9.17) is 5.73 Å². The van der Waals surface area contributed by atoms with Crippen LogP contribution in [0, 0.1) is 5.82 Å². The molecule has 1 saturated heterocycles. The lowest BCUT2D eigenvalue weighted by Gasteiger charge is -2.34. The molecule has 1 fully saturated rings. The Kier molecular flexibility index (Phi) is 4.98. The smallest absolute Gasteiger partial charge is 0.123 e. The summed E-state index contributed by atoms with van der Waals surface area (Å²) in [5, 5.41) is 1.82. The molecular weight excluding hydrogens is 265 g/mol. The average molecular weight is 285 g/mol. The Hall–Kier alpha value is -0.190. The molecular formula is C14H20FNS2. The molecule has 0 radical (unpaired) electrons. The largest absolute Gasteiger partial charge is 0.326 e. The predicted molar refractivity (Wildman–Crippen MR) is 80.8 cm³/mol. The first kappa shape index (κ1) is 14.2. The maximum atomic E-state index is 13.1. The Balaban J connectivity index is 1.94. The molecule has 4 unspecified atom stereocenters. The lowest BCUT2D eigenvalue weighted by molar-refractivity contribution is 0.617. The molecule has 0 spiro atoms. The highest BCUT2D eigenvalue weighted by atomic mass is 32.2. The van der Waals surface area contributed by atoms with E-state index < -0.39 is 0 Å². The number of hydrogen-bond donors (Lipinski definition) is 1. The first-order chi connectivity index (χ1) is 8.56. The van der Waals surface area contributed by atoms with Crippen LogP contribution < -0.4 is 5.73 Å². The van der Waals surface area contributed by atoms with Crippen LogP contribution in [0.1, 0.15) is 19.4 Å². The van der Waals surface area contributed by atoms with Crippen molar-refractivity contribution in [3.63, 3.8) is 0 Å². The Bertz CT molecular complexity index is 399. The van der Waals surface area contributed by atoms with Gasteiger partial charge in [0, 0.05) is 27.5 Å². The van der Waals surface area contributed by atoms with Gasteiger partial charge in [0.15, 0.2) is 0 Å². The van der Waals surface area contributed by atoms with Crippen molar-refractivity contribution < 1.29 is 4.39 Å². The van der Waals surface area contributed by atoms with Crippen LogP contribution in [0.15, 0.2) is 24.3 Å². The van der Waals surface area contributed by atoms with Crippen LogP contribution in [0.4, 0.5) is 4.39 Å². The third kappa shape index (κ3) is 3.65. The molecule has 1 aromatic carbocycles. The molecule has 1 aliphatic heterocycles. The van der Waals surface area contributed by atoms with Crippen molar-refractivity contribution in [3.05, 3.63) is 35.6 Å². The second-order valence-electron chi connectivity index (χ2n) is 4.92. The SMILES string of the molecule is CC1SCC(C(N)Cc2cccc(F)c2)SC1C. The molecule has 100 valence electrons. The van der Waals surface area contributed by atoms with Crippen molar-refractivity contribution in [1.82, 2.24) is 0 Å². The highest BCUT2D eigenvalue weighted by molar-refractivity contribution is 8.07. The number of thioether (sulfide) groups is 2. The third-order valence-electron chi connectivity index (χ3n) is 3.41. The van der Waals surface area contributed by atoms with Crippen LogP contribution in [0.25, 0.3) is 0 Å². The zero-order chi connectivity index (χ0) is 13.1. The minimum atomic E-state index is -0.174. The number of halogens is 1. The number of nitrogens with two attached hydrogens (primary N) is 1. The minimum absolute atomic E-state index is 0.110. The Morgan fingerprint density at radius 3 is 2.83 bits per heavy atom. The minimum Gasteiger partial charge on any atom is -0.326 e. The fourth-order valence-corrected chi connectivity index (χ4v) is 5.16. The third-order valence-corrected chi connectivity index (χ3v) is 6.98. The van der Waals surface area contributed by atoms with Gasteiger partial charge >= 0.3 is 0 Å². The van der Waals surface area contributed by atoms with Crippen molar-refractivity contribution in [3.8, 4) is 0 Å². The molecule has 0 amide bonds. The molecule has 2 N–H and O–H groups in total. The summed E-state index contributed by atoms with van der Waals surface area (Å²) in [4.78, 5) is 0. The summed E-state index contributed by atoms with van der Waals surface area (Å²) < 4.78 is 13.1. The Morgan fingerprint density at radius 1 is 1.39 bits per heavy atom. The van der Waals surface area contributed by atoms with E-state index in [-0.39, 0.29) is 11.9 Å². The van der Waals surface area contributed by atoms with E-state index in [1.807, 2.05) is 29.6 Å². The van der Waals surface area contributed by atoms with Crippen molar-refractivity contribution in [2.75, 3.05) is 5.75 Å². The topological polar surface area (TPSA) is 26.0 Å². The van der Waals surface area contributed by atoms with Crippen molar-refractivity contribution in [2.45, 2.75) is 42.1 Å². The van der Waals surface area contributed by atoms with Crippen molar-refractivity contribution >= 4 is 23.5 Å². The molecule has 4 atom stereocenters. The van der Waals surface area contributed by atoms with Gasteiger partial charge in [-0.05, 0) is 24.1 Å². The average Bonchev–Trinajstić information content (AvgIpc) is 2.32. The zero-order valence-electron chi connectivity index (χ0n) is 10.8. The van der Waals surface area contributed by atoms with Gasteiger partial charge in [-0.1, -0.05) is 26.0 Å². The first-order valence-electron chi connectivity index (χ1n) is 6.33. The molecule has 0 saturated carbocycles. The maximum absolute atomic E-state index is 13.1. The van der Waals surface area contributed by atoms with Crippen LogP contribution in [0.3, 0.4) is 0 Å². The lowest BCUT2D eigenvalue weighted by Crippen LogP contribution is -2.41. The molecule has 4 heteroatoms. The standard InChI is InChI=1S/C14H20FNS2/c1-9-10(2)18-14(8-17-9)13(16)7-11-4-3-5-12(15)6-11/h3-6,9-10,13-14H,7-8,16H2,1-2H3. The van der Waals surface area contributed by atoms with Crippen LogP contribution in [0.2, 0.25) is 0 Å². The zero-order valence-corrected chi connectivity index (χ0v) is 12.4. The van der Waals surface area contributed by atoms with Crippen LogP contribution in [-0.4, -0.2) is 27.5 Å². The summed E-state index contributed by atoms with van der Waals surface area (Å²) in [6.07, 6.45) is 0.761. The van der Waals surface area contributed by atoms with E-state index in [0.29, 0.717) is 15.7 Å². The highest BCUT2D eigenvalue weighted by Gasteiger charge is 2.29. The second kappa shape index (κ2) is 6.31. The number of hydrogen-bond acceptors (Lipinski definition) is 3. The van der Waals surface area contributed by atoms with E-state index in [1.165, 1.54) is 6.07 Å². The second-order valence-corrected chi connectivity index (χ2v) is 7.95. The highest BCUT2D eigenvalue weighted by Crippen LogP contribution is 2.37. The summed E-state index contributed by atoms with van der Waals surface area (Å²) in [7, 11) is 0. The molecule has 18 heavy (non-hydrogen) atoms. The van der Waals surface area contributed by atoms with Crippen LogP contribution in [0.5, 0.6) is 0 Å². The van der Waals surface area contributed by atoms with Crippen LogP contribution in [-0.2, 0) is 6.42 Å². The van der Waals surface area contributed by atoms with Gasteiger partial charge in [0.05, 0.1) is 0 Å². The fraction of sp³-hybridized carbons (Fsp3) is 0.571. The van der Waals surface area contributed by atoms with Gasteiger partial charge in [-0.25, -0.2) is 4.39 Å². The number of benzene rings is 1. The van der Waals surface area contributed by atoms with E-state index in [2.05, 4.69) is 13.8 Å². The summed E-state index contributed by atoms with van der Waals surface area (Å²) in [6, 6.07) is 6.89. The molecule has 1 heterocycles. The molecule has 1 nitrogen and oxygen atoms in total. The summed E-state index contributed by atoms with van der Waals surface area (Å²) in [6.45, 7) is 4.54. The Morgan fingerprint density at radius 2 is 2.17 bits per heavy atom. The monoisotopic (exact) mass is 285 g/mol. The molecule has 0 bridgehead atoms. The molecule has 1 aliphatic rings. The van der Waals surface area contributed by atoms with Crippen LogP contribution >= 0.6 is 23.5 Å². The van der Waals surface area contributed by atoms with Gasteiger partial charge < -0.3 is 5.73 Å². The summed E-state index contributed by atoms with van der Waals surface area (Å²) in [5.41, 5.74) is 7.28. The maximum Gasteiger partial charge on any atom is 0.123 e. The van der Waals surface area contributed by atoms with Crippen molar-refractivity contribution in [2.24, 2.45) is 5.73 Å². The molecule has 0 aliphatic carbocycles. The normalized spacial score (nSPS) is 30.1. The van der Waals surface area contributed by atoms with Gasteiger partial charge in [-0.2, -0.15) is 23.5 Å². The lowest BCUT2D eigenvalue weighted by atomic mass is 10.0. The predicted octanol–water partition coefficient (Wildman–Crippen LogP) is 3.32. The first-order valence-corrected chi connectivity index (χ1v) is 8.32. The van der Waals surface area contributed by atoms with Gasteiger partial charge in [-0.15, -0.1) is 0 Å². The number of rotatable bonds is 3. The molecule has 0 aromatic heterocycles. The molecule has 2 rings (SSSR count). The van der Waals surface area contributed by atoms with E-state index in [9.17, 15) is 4.39 Å². The van der Waals surface area contributed by atoms with Gasteiger partial charge in [-0.3, -0.25) is 0 Å². The fourth-order valence-electron chi connectivity index (χ4n) is 2.10. The summed E-state index contributed by atoms with van der Waals surface area (Å²) >= 11 is 3.99. The van der Waals surface area contributed by atoms with E-state index >= 15 is 0 Å². The van der Waals surface area contributed by atoms with E-state index in [0.717, 1.165) is 17.7 Å². The van der Waals surface area contributed by atoms with Gasteiger partial charge in [0.2, 0.25) is 0 Å². The Labute approximate surface area is 117 Å². The van der Waals surface area contributed by atoms with Crippen molar-refractivity contribution in [1.29, 1.82) is 0 Å². The van der Waals surface area contributed by atoms with Gasteiger partial charge in [0.25, 0.3) is 0 Å². The quantitative estimate of drug-likeness (QED) is 0.922. The molecule has 1 aromatic rings. The van der Waals surface area contributed by atoms with Gasteiger partial charge in [0.1, 0.15) is 5.82 Å². The summed E-state index contributed by atoms with van der Waals surface area (Å²) in [5.74, 6) is 0.930. The van der Waals surface area contributed by atoms with E-state index in [1.54, 1.807) is 12.1 Å².